The molecule has 0 aliphatic heterocycles. The number of fused-ring (bicyclic) bond motifs is 1. The minimum atomic E-state index is -0.301. The fourth-order valence-electron chi connectivity index (χ4n) is 3.25. The van der Waals surface area contributed by atoms with Gasteiger partial charge in [-0.05, 0) is 24.1 Å². The van der Waals surface area contributed by atoms with Crippen LogP contribution in [0.4, 0.5) is 11.5 Å². The SMILES string of the molecule is Cc1ncnc2c1c(NCc1ccc(N(C)C)nc1)cc(=O)n2OCc1ccccc1. The molecule has 3 heterocycles. The third kappa shape index (κ3) is 4.48. The first-order valence-corrected chi connectivity index (χ1v) is 9.93. The van der Waals surface area contributed by atoms with E-state index in [9.17, 15) is 4.79 Å². The Labute approximate surface area is 180 Å². The highest BCUT2D eigenvalue weighted by molar-refractivity contribution is 5.90. The lowest BCUT2D eigenvalue weighted by atomic mass is 10.2. The summed E-state index contributed by atoms with van der Waals surface area (Å²) in [6.07, 6.45) is 3.26. The van der Waals surface area contributed by atoms with Crippen LogP contribution in [0, 0.1) is 6.92 Å². The van der Waals surface area contributed by atoms with Gasteiger partial charge in [0.2, 0.25) is 0 Å². The summed E-state index contributed by atoms with van der Waals surface area (Å²) in [5.74, 6) is 0.886. The van der Waals surface area contributed by atoms with E-state index in [1.54, 1.807) is 0 Å². The van der Waals surface area contributed by atoms with Crippen LogP contribution in [0.25, 0.3) is 11.0 Å². The third-order valence-electron chi connectivity index (χ3n) is 4.90. The lowest BCUT2D eigenvalue weighted by molar-refractivity contribution is 0.0979. The van der Waals surface area contributed by atoms with Crippen LogP contribution in [-0.4, -0.2) is 33.8 Å². The summed E-state index contributed by atoms with van der Waals surface area (Å²) in [6.45, 7) is 2.66. The van der Waals surface area contributed by atoms with Gasteiger partial charge in [0, 0.05) is 32.9 Å². The fourth-order valence-corrected chi connectivity index (χ4v) is 3.25. The van der Waals surface area contributed by atoms with Crippen LogP contribution >= 0.6 is 0 Å². The van der Waals surface area contributed by atoms with Gasteiger partial charge in [-0.1, -0.05) is 36.4 Å². The lowest BCUT2D eigenvalue weighted by Crippen LogP contribution is -2.28. The van der Waals surface area contributed by atoms with E-state index < -0.39 is 0 Å². The molecule has 4 rings (SSSR count). The molecule has 0 aliphatic carbocycles. The fraction of sp³-hybridized carbons (Fsp3) is 0.217. The number of hydrogen-bond acceptors (Lipinski definition) is 7. The monoisotopic (exact) mass is 416 g/mol. The van der Waals surface area contributed by atoms with E-state index >= 15 is 0 Å². The van der Waals surface area contributed by atoms with Crippen molar-refractivity contribution < 1.29 is 4.84 Å². The van der Waals surface area contributed by atoms with Gasteiger partial charge in [0.1, 0.15) is 18.8 Å². The third-order valence-corrected chi connectivity index (χ3v) is 4.90. The minimum Gasteiger partial charge on any atom is -0.404 e. The summed E-state index contributed by atoms with van der Waals surface area (Å²) in [5, 5.41) is 4.08. The molecule has 0 radical (unpaired) electrons. The molecule has 3 aromatic heterocycles. The summed E-state index contributed by atoms with van der Waals surface area (Å²) in [4.78, 5) is 33.7. The number of aromatic nitrogens is 4. The highest BCUT2D eigenvalue weighted by Gasteiger charge is 2.14. The van der Waals surface area contributed by atoms with E-state index in [4.69, 9.17) is 4.84 Å². The molecule has 8 nitrogen and oxygen atoms in total. The van der Waals surface area contributed by atoms with E-state index in [1.165, 1.54) is 17.1 Å². The Balaban J connectivity index is 1.63. The first-order valence-electron chi connectivity index (χ1n) is 9.93. The molecule has 0 atom stereocenters. The maximum absolute atomic E-state index is 12.8. The maximum atomic E-state index is 12.8. The Bertz CT molecular complexity index is 1240. The van der Waals surface area contributed by atoms with Gasteiger partial charge in [-0.3, -0.25) is 4.79 Å². The van der Waals surface area contributed by atoms with E-state index in [2.05, 4.69) is 20.3 Å². The Morgan fingerprint density at radius 1 is 1.03 bits per heavy atom. The number of hydrogen-bond donors (Lipinski definition) is 1. The van der Waals surface area contributed by atoms with Gasteiger partial charge < -0.3 is 15.1 Å². The van der Waals surface area contributed by atoms with E-state index in [0.717, 1.165) is 28.0 Å². The van der Waals surface area contributed by atoms with Gasteiger partial charge in [-0.15, -0.1) is 4.73 Å². The van der Waals surface area contributed by atoms with Crippen molar-refractivity contribution in [3.8, 4) is 0 Å². The smallest absolute Gasteiger partial charge is 0.287 e. The number of anilines is 2. The van der Waals surface area contributed by atoms with Crippen LogP contribution in [0.5, 0.6) is 0 Å². The molecule has 0 saturated heterocycles. The molecule has 1 aromatic carbocycles. The second kappa shape index (κ2) is 8.83. The standard InChI is InChI=1S/C23H24N6O2/c1-16-22-19(24-12-18-9-10-20(25-13-18)28(2)3)11-21(30)29(23(22)27-15-26-16)31-14-17-7-5-4-6-8-17/h4-11,13,15,24H,12,14H2,1-3H3. The highest BCUT2D eigenvalue weighted by atomic mass is 16.7. The molecule has 0 aliphatic rings. The van der Waals surface area contributed by atoms with Crippen molar-refractivity contribution in [2.75, 3.05) is 24.3 Å². The molecule has 0 amide bonds. The van der Waals surface area contributed by atoms with E-state index in [1.807, 2.05) is 74.6 Å². The van der Waals surface area contributed by atoms with Crippen LogP contribution in [0.2, 0.25) is 0 Å². The van der Waals surface area contributed by atoms with Gasteiger partial charge in [0.05, 0.1) is 16.8 Å². The molecular weight excluding hydrogens is 392 g/mol. The molecule has 0 bridgehead atoms. The average Bonchev–Trinajstić information content (AvgIpc) is 2.78. The Morgan fingerprint density at radius 2 is 1.84 bits per heavy atom. The normalized spacial score (nSPS) is 10.8. The minimum absolute atomic E-state index is 0.259. The molecule has 0 unspecified atom stereocenters. The van der Waals surface area contributed by atoms with Crippen LogP contribution in [-0.2, 0) is 13.2 Å². The predicted molar refractivity (Wildman–Crippen MR) is 121 cm³/mol. The second-order valence-electron chi connectivity index (χ2n) is 7.38. The van der Waals surface area contributed by atoms with Gasteiger partial charge >= 0.3 is 0 Å². The zero-order chi connectivity index (χ0) is 21.8. The van der Waals surface area contributed by atoms with Crippen LogP contribution in [0.3, 0.4) is 0 Å². The average molecular weight is 416 g/mol. The maximum Gasteiger partial charge on any atom is 0.287 e. The van der Waals surface area contributed by atoms with Gasteiger partial charge in [0.15, 0.2) is 5.65 Å². The Kier molecular flexibility index (Phi) is 5.79. The summed E-state index contributed by atoms with van der Waals surface area (Å²) >= 11 is 0. The Hall–Kier alpha value is -3.94. The van der Waals surface area contributed by atoms with E-state index in [0.29, 0.717) is 17.9 Å². The summed E-state index contributed by atoms with van der Waals surface area (Å²) in [5.41, 5.74) is 3.51. The van der Waals surface area contributed by atoms with Crippen LogP contribution < -0.4 is 20.6 Å². The topological polar surface area (TPSA) is 85.2 Å². The number of benzene rings is 1. The molecule has 158 valence electrons. The molecule has 0 fully saturated rings. The number of pyridine rings is 2. The molecular formula is C23H24N6O2. The largest absolute Gasteiger partial charge is 0.404 e. The van der Waals surface area contributed by atoms with Crippen LogP contribution in [0.1, 0.15) is 16.8 Å². The van der Waals surface area contributed by atoms with Crippen molar-refractivity contribution in [1.82, 2.24) is 19.7 Å². The zero-order valence-electron chi connectivity index (χ0n) is 17.7. The number of nitrogens with one attached hydrogen (secondary N) is 1. The van der Waals surface area contributed by atoms with Crippen molar-refractivity contribution in [3.63, 3.8) is 0 Å². The van der Waals surface area contributed by atoms with E-state index in [-0.39, 0.29) is 12.2 Å². The summed E-state index contributed by atoms with van der Waals surface area (Å²) in [7, 11) is 3.90. The van der Waals surface area contributed by atoms with Gasteiger partial charge in [0.25, 0.3) is 5.56 Å². The Morgan fingerprint density at radius 3 is 2.55 bits per heavy atom. The molecule has 31 heavy (non-hydrogen) atoms. The number of rotatable bonds is 7. The zero-order valence-corrected chi connectivity index (χ0v) is 17.7. The van der Waals surface area contributed by atoms with Gasteiger partial charge in [-0.2, -0.15) is 0 Å². The summed E-state index contributed by atoms with van der Waals surface area (Å²) < 4.78 is 1.23. The van der Waals surface area contributed by atoms with Crippen molar-refractivity contribution in [3.05, 3.63) is 88.2 Å². The van der Waals surface area contributed by atoms with Crippen molar-refractivity contribution in [2.45, 2.75) is 20.1 Å². The number of nitrogens with zero attached hydrogens (tertiary/aromatic N) is 5. The predicted octanol–water partition coefficient (Wildman–Crippen LogP) is 2.80. The first kappa shape index (κ1) is 20.3. The lowest BCUT2D eigenvalue weighted by Gasteiger charge is -2.16. The number of aryl methyl sites for hydroxylation is 1. The second-order valence-corrected chi connectivity index (χ2v) is 7.38. The molecule has 8 heteroatoms. The molecule has 4 aromatic rings. The van der Waals surface area contributed by atoms with Crippen LogP contribution in [0.15, 0.2) is 65.8 Å². The van der Waals surface area contributed by atoms with Crippen molar-refractivity contribution in [1.29, 1.82) is 0 Å². The van der Waals surface area contributed by atoms with Crippen molar-refractivity contribution in [2.24, 2.45) is 0 Å². The summed E-state index contributed by atoms with van der Waals surface area (Å²) in [6, 6.07) is 15.2. The highest BCUT2D eigenvalue weighted by Crippen LogP contribution is 2.23. The quantitative estimate of drug-likeness (QED) is 0.496. The first-order chi connectivity index (χ1) is 15.0. The van der Waals surface area contributed by atoms with Gasteiger partial charge in [-0.25, -0.2) is 15.0 Å². The van der Waals surface area contributed by atoms with Crippen molar-refractivity contribution >= 4 is 22.5 Å². The molecule has 1 N–H and O–H groups in total. The molecule has 0 spiro atoms. The molecule has 0 saturated carbocycles.